The van der Waals surface area contributed by atoms with Gasteiger partial charge in [-0.25, -0.2) is 12.8 Å². The number of hydrogen-bond donors (Lipinski definition) is 1. The van der Waals surface area contributed by atoms with Gasteiger partial charge in [0.05, 0.1) is 11.6 Å². The number of methoxy groups -OCH3 is 1. The average molecular weight is 339 g/mol. The van der Waals surface area contributed by atoms with Gasteiger partial charge in [0.2, 0.25) is 10.0 Å². The zero-order valence-electron chi connectivity index (χ0n) is 12.3. The quantitative estimate of drug-likeness (QED) is 0.775. The fourth-order valence-corrected chi connectivity index (χ4v) is 3.81. The second-order valence-electron chi connectivity index (χ2n) is 5.06. The Balaban J connectivity index is 3.28. The fourth-order valence-electron chi connectivity index (χ4n) is 1.82. The molecule has 0 saturated carbocycles. The van der Waals surface area contributed by atoms with Gasteiger partial charge in [0.1, 0.15) is 4.90 Å². The molecule has 0 aromatic heterocycles. The van der Waals surface area contributed by atoms with Gasteiger partial charge >= 0.3 is 0 Å². The van der Waals surface area contributed by atoms with E-state index >= 15 is 0 Å². The Kier molecular flexibility index (Phi) is 6.40. The molecule has 1 rings (SSSR count). The van der Waals surface area contributed by atoms with Crippen LogP contribution in [-0.4, -0.2) is 39.5 Å². The number of nitrogen functional groups attached to an aromatic ring is 1. The Labute approximate surface area is 129 Å². The van der Waals surface area contributed by atoms with Gasteiger partial charge in [0.25, 0.3) is 0 Å². The van der Waals surface area contributed by atoms with Crippen molar-refractivity contribution in [1.29, 1.82) is 0 Å². The number of sulfonamides is 1. The average Bonchev–Trinajstić information content (AvgIpc) is 2.38. The monoisotopic (exact) mass is 338 g/mol. The Bertz CT molecular complexity index is 593. The first-order valence-electron chi connectivity index (χ1n) is 6.43. The molecule has 8 heteroatoms. The maximum Gasteiger partial charge on any atom is 0.246 e. The summed E-state index contributed by atoms with van der Waals surface area (Å²) in [6.07, 6.45) is 0. The maximum absolute atomic E-state index is 14.1. The highest BCUT2D eigenvalue weighted by molar-refractivity contribution is 7.89. The summed E-state index contributed by atoms with van der Waals surface area (Å²) in [6.45, 7) is 4.33. The Hall–Kier alpha value is -0.890. The molecule has 0 amide bonds. The van der Waals surface area contributed by atoms with E-state index in [1.54, 1.807) is 0 Å². The van der Waals surface area contributed by atoms with Gasteiger partial charge in [-0.3, -0.25) is 0 Å². The summed E-state index contributed by atoms with van der Waals surface area (Å²) in [5.41, 5.74) is 5.66. The third-order valence-corrected chi connectivity index (χ3v) is 4.89. The van der Waals surface area contributed by atoms with Gasteiger partial charge in [-0.05, 0) is 18.1 Å². The van der Waals surface area contributed by atoms with Gasteiger partial charge in [0, 0.05) is 25.9 Å². The van der Waals surface area contributed by atoms with Crippen molar-refractivity contribution < 1.29 is 17.5 Å². The largest absolute Gasteiger partial charge is 0.399 e. The van der Waals surface area contributed by atoms with E-state index in [9.17, 15) is 12.8 Å². The van der Waals surface area contributed by atoms with Crippen LogP contribution in [-0.2, 0) is 14.8 Å². The summed E-state index contributed by atoms with van der Waals surface area (Å²) in [5, 5.41) is -0.315. The van der Waals surface area contributed by atoms with E-state index in [0.717, 1.165) is 6.07 Å². The molecule has 0 fully saturated rings. The molecular weight excluding hydrogens is 319 g/mol. The fraction of sp³-hybridized carbons (Fsp3) is 0.538. The first-order chi connectivity index (χ1) is 9.70. The predicted molar refractivity (Wildman–Crippen MR) is 81.3 cm³/mol. The van der Waals surface area contributed by atoms with Crippen LogP contribution in [0.3, 0.4) is 0 Å². The van der Waals surface area contributed by atoms with Crippen molar-refractivity contribution in [2.75, 3.05) is 32.5 Å². The number of anilines is 1. The summed E-state index contributed by atoms with van der Waals surface area (Å²) < 4.78 is 45.4. The highest BCUT2D eigenvalue weighted by Crippen LogP contribution is 2.28. The molecular formula is C13H20ClFN2O3S. The van der Waals surface area contributed by atoms with E-state index < -0.39 is 20.7 Å². The summed E-state index contributed by atoms with van der Waals surface area (Å²) >= 11 is 5.68. The minimum Gasteiger partial charge on any atom is -0.399 e. The molecule has 0 aliphatic rings. The highest BCUT2D eigenvalue weighted by atomic mass is 35.5. The Morgan fingerprint density at radius 1 is 1.43 bits per heavy atom. The van der Waals surface area contributed by atoms with E-state index in [1.807, 2.05) is 13.8 Å². The van der Waals surface area contributed by atoms with Crippen LogP contribution >= 0.6 is 11.6 Å². The van der Waals surface area contributed by atoms with Crippen molar-refractivity contribution in [3.8, 4) is 0 Å². The number of ether oxygens (including phenoxy) is 1. The van der Waals surface area contributed by atoms with Gasteiger partial charge in [-0.1, -0.05) is 25.4 Å². The van der Waals surface area contributed by atoms with Crippen LogP contribution in [0.15, 0.2) is 17.0 Å². The molecule has 120 valence electrons. The maximum atomic E-state index is 14.1. The molecule has 1 aromatic carbocycles. The third kappa shape index (κ3) is 4.54. The molecule has 5 nitrogen and oxygen atoms in total. The lowest BCUT2D eigenvalue weighted by atomic mass is 10.2. The number of nitrogens with two attached hydrogens (primary N) is 1. The topological polar surface area (TPSA) is 72.6 Å². The predicted octanol–water partition coefficient (Wildman–Crippen LogP) is 2.35. The first-order valence-corrected chi connectivity index (χ1v) is 8.25. The molecule has 0 heterocycles. The van der Waals surface area contributed by atoms with Crippen LogP contribution in [0.25, 0.3) is 0 Å². The Morgan fingerprint density at radius 3 is 2.57 bits per heavy atom. The minimum atomic E-state index is -4.03. The third-order valence-electron chi connectivity index (χ3n) is 2.75. The van der Waals surface area contributed by atoms with Crippen molar-refractivity contribution in [3.63, 3.8) is 0 Å². The number of benzene rings is 1. The van der Waals surface area contributed by atoms with Crippen LogP contribution in [0.5, 0.6) is 0 Å². The smallest absolute Gasteiger partial charge is 0.246 e. The molecule has 21 heavy (non-hydrogen) atoms. The van der Waals surface area contributed by atoms with Crippen LogP contribution in [0, 0.1) is 11.7 Å². The summed E-state index contributed by atoms with van der Waals surface area (Å²) in [4.78, 5) is -0.510. The normalized spacial score (nSPS) is 12.3. The van der Waals surface area contributed by atoms with Gasteiger partial charge in [-0.15, -0.1) is 0 Å². The van der Waals surface area contributed by atoms with Crippen LogP contribution in [0.1, 0.15) is 13.8 Å². The summed E-state index contributed by atoms with van der Waals surface area (Å²) in [5.74, 6) is -0.909. The van der Waals surface area contributed by atoms with E-state index in [4.69, 9.17) is 22.1 Å². The molecule has 2 N–H and O–H groups in total. The van der Waals surface area contributed by atoms with E-state index in [2.05, 4.69) is 0 Å². The standard InChI is InChI=1S/C13H20ClFN2O3S/c1-9(2)8-17(4-5-20-3)21(18,19)12-7-10(16)6-11(14)13(12)15/h6-7,9H,4-5,8,16H2,1-3H3. The van der Waals surface area contributed by atoms with Crippen molar-refractivity contribution in [3.05, 3.63) is 23.0 Å². The van der Waals surface area contributed by atoms with Crippen molar-refractivity contribution in [2.45, 2.75) is 18.7 Å². The minimum absolute atomic E-state index is 0.0798. The second kappa shape index (κ2) is 7.40. The molecule has 0 aliphatic carbocycles. The molecule has 0 radical (unpaired) electrons. The van der Waals surface area contributed by atoms with E-state index in [-0.39, 0.29) is 36.3 Å². The Morgan fingerprint density at radius 2 is 2.05 bits per heavy atom. The number of nitrogens with zero attached hydrogens (tertiary/aromatic N) is 1. The van der Waals surface area contributed by atoms with Gasteiger partial charge in [-0.2, -0.15) is 4.31 Å². The number of halogens is 2. The molecule has 0 unspecified atom stereocenters. The number of rotatable bonds is 7. The second-order valence-corrected chi connectivity index (χ2v) is 7.38. The molecule has 0 bridgehead atoms. The molecule has 0 aliphatic heterocycles. The zero-order chi connectivity index (χ0) is 16.2. The lowest BCUT2D eigenvalue weighted by molar-refractivity contribution is 0.175. The van der Waals surface area contributed by atoms with Crippen molar-refractivity contribution >= 4 is 27.3 Å². The summed E-state index contributed by atoms with van der Waals surface area (Å²) in [7, 11) is -2.56. The number of hydrogen-bond acceptors (Lipinski definition) is 4. The molecule has 0 spiro atoms. The lowest BCUT2D eigenvalue weighted by Crippen LogP contribution is -2.37. The molecule has 1 aromatic rings. The van der Waals surface area contributed by atoms with Crippen molar-refractivity contribution in [2.24, 2.45) is 5.92 Å². The van der Waals surface area contributed by atoms with Crippen LogP contribution < -0.4 is 5.73 Å². The first kappa shape index (κ1) is 18.2. The SMILES string of the molecule is COCCN(CC(C)C)S(=O)(=O)c1cc(N)cc(Cl)c1F. The van der Waals surface area contributed by atoms with Gasteiger partial charge in [0.15, 0.2) is 5.82 Å². The molecule has 0 saturated heterocycles. The zero-order valence-corrected chi connectivity index (χ0v) is 13.8. The van der Waals surface area contributed by atoms with E-state index in [0.29, 0.717) is 0 Å². The summed E-state index contributed by atoms with van der Waals surface area (Å²) in [6, 6.07) is 2.26. The van der Waals surface area contributed by atoms with Gasteiger partial charge < -0.3 is 10.5 Å². The lowest BCUT2D eigenvalue weighted by Gasteiger charge is -2.24. The van der Waals surface area contributed by atoms with Crippen LogP contribution in [0.4, 0.5) is 10.1 Å². The van der Waals surface area contributed by atoms with Crippen LogP contribution in [0.2, 0.25) is 5.02 Å². The molecule has 0 atom stereocenters. The highest BCUT2D eigenvalue weighted by Gasteiger charge is 2.29. The van der Waals surface area contributed by atoms with Crippen molar-refractivity contribution in [1.82, 2.24) is 4.31 Å². The van der Waals surface area contributed by atoms with E-state index in [1.165, 1.54) is 17.5 Å².